The molecule has 1 aromatic heterocycles. The van der Waals surface area contributed by atoms with Gasteiger partial charge >= 0.3 is 0 Å². The van der Waals surface area contributed by atoms with Crippen LogP contribution in [0.2, 0.25) is 0 Å². The molecule has 5 heteroatoms. The van der Waals surface area contributed by atoms with Crippen LogP contribution in [0.4, 0.5) is 11.4 Å². The van der Waals surface area contributed by atoms with Crippen molar-refractivity contribution in [2.75, 3.05) is 10.6 Å². The summed E-state index contributed by atoms with van der Waals surface area (Å²) in [4.78, 5) is 29.7. The monoisotopic (exact) mass is 373 g/mol. The molecule has 1 aliphatic rings. The number of aromatic nitrogens is 1. The van der Waals surface area contributed by atoms with Gasteiger partial charge in [-0.2, -0.15) is 0 Å². The van der Waals surface area contributed by atoms with Crippen LogP contribution in [0.5, 0.6) is 0 Å². The molecule has 1 fully saturated rings. The van der Waals surface area contributed by atoms with Crippen molar-refractivity contribution in [3.63, 3.8) is 0 Å². The number of fused-ring (bicyclic) bond motifs is 1. The number of hydrogen-bond donors (Lipinski definition) is 2. The summed E-state index contributed by atoms with van der Waals surface area (Å²) in [5.41, 5.74) is 3.63. The number of carbonyl (C=O) groups is 2. The Morgan fingerprint density at radius 1 is 0.964 bits per heavy atom. The predicted molar refractivity (Wildman–Crippen MR) is 112 cm³/mol. The van der Waals surface area contributed by atoms with E-state index >= 15 is 0 Å². The van der Waals surface area contributed by atoms with E-state index in [0.29, 0.717) is 16.9 Å². The summed E-state index contributed by atoms with van der Waals surface area (Å²) < 4.78 is 0. The van der Waals surface area contributed by atoms with Crippen molar-refractivity contribution >= 4 is 34.1 Å². The third-order valence-electron chi connectivity index (χ3n) is 4.91. The molecule has 3 aromatic rings. The van der Waals surface area contributed by atoms with Gasteiger partial charge in [-0.3, -0.25) is 14.6 Å². The number of nitrogens with one attached hydrogen (secondary N) is 2. The minimum Gasteiger partial charge on any atom is -0.326 e. The van der Waals surface area contributed by atoms with E-state index in [1.54, 1.807) is 6.07 Å². The Balaban J connectivity index is 1.61. The molecule has 1 saturated carbocycles. The van der Waals surface area contributed by atoms with Crippen molar-refractivity contribution in [3.05, 3.63) is 65.9 Å². The third kappa shape index (κ3) is 3.88. The molecule has 2 N–H and O–H groups in total. The highest BCUT2D eigenvalue weighted by Crippen LogP contribution is 2.30. The number of rotatable bonds is 5. The number of nitrogens with zero attached hydrogens (tertiary/aromatic N) is 1. The summed E-state index contributed by atoms with van der Waals surface area (Å²) in [5.74, 6) is 0.212. The van der Waals surface area contributed by atoms with E-state index in [1.807, 2.05) is 48.5 Å². The maximum atomic E-state index is 13.0. The molecule has 4 rings (SSSR count). The maximum Gasteiger partial charge on any atom is 0.256 e. The van der Waals surface area contributed by atoms with E-state index in [-0.39, 0.29) is 23.7 Å². The van der Waals surface area contributed by atoms with Gasteiger partial charge in [-0.25, -0.2) is 0 Å². The standard InChI is InChI=1S/C23H23N3O2/c1-14(2)21-13-19(18-8-3-4-9-20(18)26-21)23(28)25-17-7-5-6-16(12-17)24-22(27)15-10-11-15/h3-9,12-15H,10-11H2,1-2H3,(H,24,27)(H,25,28). The van der Waals surface area contributed by atoms with Gasteiger partial charge in [0.25, 0.3) is 5.91 Å². The normalized spacial score (nSPS) is 13.5. The van der Waals surface area contributed by atoms with Crippen molar-refractivity contribution in [2.45, 2.75) is 32.6 Å². The predicted octanol–water partition coefficient (Wildman–Crippen LogP) is 4.96. The number of benzene rings is 2. The summed E-state index contributed by atoms with van der Waals surface area (Å²) in [7, 11) is 0. The molecule has 0 bridgehead atoms. The first-order valence-electron chi connectivity index (χ1n) is 9.63. The lowest BCUT2D eigenvalue weighted by Crippen LogP contribution is -2.15. The lowest BCUT2D eigenvalue weighted by molar-refractivity contribution is -0.117. The molecule has 0 unspecified atom stereocenters. The Hall–Kier alpha value is -3.21. The molecule has 0 atom stereocenters. The van der Waals surface area contributed by atoms with Crippen molar-refractivity contribution in [1.82, 2.24) is 4.98 Å². The third-order valence-corrected chi connectivity index (χ3v) is 4.91. The largest absolute Gasteiger partial charge is 0.326 e. The van der Waals surface area contributed by atoms with Gasteiger partial charge in [-0.05, 0) is 49.1 Å². The summed E-state index contributed by atoms with van der Waals surface area (Å²) in [6, 6.07) is 16.8. The van der Waals surface area contributed by atoms with Gasteiger partial charge in [-0.15, -0.1) is 0 Å². The molecule has 0 saturated heterocycles. The number of anilines is 2. The Kier molecular flexibility index (Phi) is 4.82. The highest BCUT2D eigenvalue weighted by Gasteiger charge is 2.29. The Morgan fingerprint density at radius 2 is 1.68 bits per heavy atom. The van der Waals surface area contributed by atoms with Crippen LogP contribution in [0, 0.1) is 5.92 Å². The van der Waals surface area contributed by atoms with Crippen molar-refractivity contribution in [3.8, 4) is 0 Å². The van der Waals surface area contributed by atoms with Gasteiger partial charge in [0.05, 0.1) is 11.1 Å². The summed E-state index contributed by atoms with van der Waals surface area (Å²) in [6.45, 7) is 4.12. The van der Waals surface area contributed by atoms with Crippen LogP contribution in [0.1, 0.15) is 48.7 Å². The van der Waals surface area contributed by atoms with Gasteiger partial charge in [0.1, 0.15) is 0 Å². The first-order chi connectivity index (χ1) is 13.5. The van der Waals surface area contributed by atoms with Crippen LogP contribution in [-0.2, 0) is 4.79 Å². The van der Waals surface area contributed by atoms with Gasteiger partial charge < -0.3 is 10.6 Å². The van der Waals surface area contributed by atoms with E-state index in [0.717, 1.165) is 29.4 Å². The minimum absolute atomic E-state index is 0.0465. The van der Waals surface area contributed by atoms with E-state index in [9.17, 15) is 9.59 Å². The number of carbonyl (C=O) groups excluding carboxylic acids is 2. The second-order valence-corrected chi connectivity index (χ2v) is 7.56. The van der Waals surface area contributed by atoms with Crippen LogP contribution in [0.15, 0.2) is 54.6 Å². The Labute approximate surface area is 164 Å². The molecule has 0 radical (unpaired) electrons. The van der Waals surface area contributed by atoms with Crippen LogP contribution >= 0.6 is 0 Å². The molecule has 142 valence electrons. The highest BCUT2D eigenvalue weighted by molar-refractivity contribution is 6.12. The SMILES string of the molecule is CC(C)c1cc(C(=O)Nc2cccc(NC(=O)C3CC3)c2)c2ccccc2n1. The van der Waals surface area contributed by atoms with Crippen molar-refractivity contribution in [1.29, 1.82) is 0 Å². The second kappa shape index (κ2) is 7.43. The van der Waals surface area contributed by atoms with E-state index < -0.39 is 0 Å². The number of amides is 2. The topological polar surface area (TPSA) is 71.1 Å². The fourth-order valence-corrected chi connectivity index (χ4v) is 3.14. The van der Waals surface area contributed by atoms with Gasteiger partial charge in [0.15, 0.2) is 0 Å². The quantitative estimate of drug-likeness (QED) is 0.664. The minimum atomic E-state index is -0.189. The molecule has 5 nitrogen and oxygen atoms in total. The van der Waals surface area contributed by atoms with Crippen molar-refractivity contribution in [2.24, 2.45) is 5.92 Å². The smallest absolute Gasteiger partial charge is 0.256 e. The average Bonchev–Trinajstić information content (AvgIpc) is 3.52. The lowest BCUT2D eigenvalue weighted by Gasteiger charge is -2.13. The van der Waals surface area contributed by atoms with Crippen LogP contribution in [0.25, 0.3) is 10.9 Å². The fourth-order valence-electron chi connectivity index (χ4n) is 3.14. The molecule has 2 amide bonds. The molecule has 2 aromatic carbocycles. The number of pyridine rings is 1. The number of para-hydroxylation sites is 1. The zero-order valence-electron chi connectivity index (χ0n) is 16.0. The van der Waals surface area contributed by atoms with Crippen LogP contribution in [0.3, 0.4) is 0 Å². The molecule has 1 heterocycles. The second-order valence-electron chi connectivity index (χ2n) is 7.56. The fraction of sp³-hybridized carbons (Fsp3) is 0.261. The highest BCUT2D eigenvalue weighted by atomic mass is 16.2. The van der Waals surface area contributed by atoms with Gasteiger partial charge in [0.2, 0.25) is 5.91 Å². The van der Waals surface area contributed by atoms with Gasteiger partial charge in [-0.1, -0.05) is 38.1 Å². The van der Waals surface area contributed by atoms with E-state index in [1.165, 1.54) is 0 Å². The summed E-state index contributed by atoms with van der Waals surface area (Å²) >= 11 is 0. The molecular weight excluding hydrogens is 350 g/mol. The average molecular weight is 373 g/mol. The molecule has 0 spiro atoms. The summed E-state index contributed by atoms with van der Waals surface area (Å²) in [6.07, 6.45) is 1.91. The van der Waals surface area contributed by atoms with E-state index in [4.69, 9.17) is 0 Å². The summed E-state index contributed by atoms with van der Waals surface area (Å²) in [5, 5.41) is 6.69. The first-order valence-corrected chi connectivity index (χ1v) is 9.63. The Bertz CT molecular complexity index is 1050. The van der Waals surface area contributed by atoms with Crippen LogP contribution in [-0.4, -0.2) is 16.8 Å². The molecule has 0 aliphatic heterocycles. The zero-order chi connectivity index (χ0) is 19.7. The molecule has 1 aliphatic carbocycles. The molecular formula is C23H23N3O2. The lowest BCUT2D eigenvalue weighted by atomic mass is 10.0. The Morgan fingerprint density at radius 3 is 2.39 bits per heavy atom. The molecule has 28 heavy (non-hydrogen) atoms. The van der Waals surface area contributed by atoms with Crippen molar-refractivity contribution < 1.29 is 9.59 Å². The zero-order valence-corrected chi connectivity index (χ0v) is 16.0. The van der Waals surface area contributed by atoms with E-state index in [2.05, 4.69) is 29.5 Å². The van der Waals surface area contributed by atoms with Crippen LogP contribution < -0.4 is 10.6 Å². The number of hydrogen-bond acceptors (Lipinski definition) is 3. The van der Waals surface area contributed by atoms with Gasteiger partial charge in [0, 0.05) is 28.4 Å². The maximum absolute atomic E-state index is 13.0. The first kappa shape index (κ1) is 18.2.